The lowest BCUT2D eigenvalue weighted by atomic mass is 9.87. The summed E-state index contributed by atoms with van der Waals surface area (Å²) in [6, 6.07) is 5.84. The van der Waals surface area contributed by atoms with E-state index < -0.39 is 0 Å². The predicted octanol–water partition coefficient (Wildman–Crippen LogP) is 4.67. The van der Waals surface area contributed by atoms with E-state index in [2.05, 4.69) is 10.4 Å². The molecule has 25 heavy (non-hydrogen) atoms. The van der Waals surface area contributed by atoms with Crippen LogP contribution in [0.4, 0.5) is 4.39 Å². The number of amides is 1. The van der Waals surface area contributed by atoms with Crippen LogP contribution >= 0.6 is 11.6 Å². The topological polar surface area (TPSA) is 46.9 Å². The van der Waals surface area contributed by atoms with Crippen molar-refractivity contribution in [3.05, 3.63) is 46.5 Å². The van der Waals surface area contributed by atoms with Crippen molar-refractivity contribution in [1.29, 1.82) is 0 Å². The molecule has 0 spiro atoms. The second-order valence-electron chi connectivity index (χ2n) is 6.69. The van der Waals surface area contributed by atoms with Crippen LogP contribution in [0, 0.1) is 18.7 Å². The Labute approximate surface area is 152 Å². The average Bonchev–Trinajstić information content (AvgIpc) is 2.91. The van der Waals surface area contributed by atoms with Crippen LogP contribution in [0.2, 0.25) is 5.15 Å². The molecule has 1 aromatic carbocycles. The predicted molar refractivity (Wildman–Crippen MR) is 96.8 cm³/mol. The monoisotopic (exact) mass is 363 g/mol. The van der Waals surface area contributed by atoms with Gasteiger partial charge in [-0.15, -0.1) is 0 Å². The molecule has 1 amide bonds. The molecule has 0 atom stereocenters. The first-order valence-electron chi connectivity index (χ1n) is 8.85. The van der Waals surface area contributed by atoms with Crippen LogP contribution < -0.4 is 5.32 Å². The summed E-state index contributed by atoms with van der Waals surface area (Å²) in [7, 11) is 0. The van der Waals surface area contributed by atoms with Gasteiger partial charge in [0.2, 0.25) is 0 Å². The third-order valence-corrected chi connectivity index (χ3v) is 5.21. The molecule has 4 nitrogen and oxygen atoms in total. The Kier molecular flexibility index (Phi) is 5.74. The molecule has 6 heteroatoms. The summed E-state index contributed by atoms with van der Waals surface area (Å²) in [4.78, 5) is 12.5. The molecule has 0 saturated heterocycles. The van der Waals surface area contributed by atoms with Crippen LogP contribution in [0.3, 0.4) is 0 Å². The standard InChI is InChI=1S/C19H23ClFN3O/c1-13-17(19(25)22-12-11-14-5-3-2-4-6-14)18(20)24(23-13)16-9-7-15(21)8-10-16/h7-10,14H,2-6,11-12H2,1H3,(H,22,25). The second kappa shape index (κ2) is 8.00. The molecule has 1 aliphatic rings. The highest BCUT2D eigenvalue weighted by molar-refractivity contribution is 6.33. The van der Waals surface area contributed by atoms with E-state index in [1.807, 2.05) is 0 Å². The van der Waals surface area contributed by atoms with Crippen molar-refractivity contribution in [3.63, 3.8) is 0 Å². The average molecular weight is 364 g/mol. The molecule has 0 bridgehead atoms. The Balaban J connectivity index is 1.67. The summed E-state index contributed by atoms with van der Waals surface area (Å²) in [5.74, 6) is 0.184. The van der Waals surface area contributed by atoms with Gasteiger partial charge in [-0.05, 0) is 43.5 Å². The summed E-state index contributed by atoms with van der Waals surface area (Å²) in [5, 5.41) is 7.54. The summed E-state index contributed by atoms with van der Waals surface area (Å²) < 4.78 is 14.5. The minimum atomic E-state index is -0.329. The number of rotatable bonds is 5. The van der Waals surface area contributed by atoms with Crippen LogP contribution in [0.5, 0.6) is 0 Å². The Morgan fingerprint density at radius 1 is 1.28 bits per heavy atom. The fourth-order valence-electron chi connectivity index (χ4n) is 3.46. The summed E-state index contributed by atoms with van der Waals surface area (Å²) in [6.07, 6.45) is 7.47. The van der Waals surface area contributed by atoms with Crippen LogP contribution in [0.25, 0.3) is 5.69 Å². The van der Waals surface area contributed by atoms with Gasteiger partial charge in [-0.1, -0.05) is 43.7 Å². The van der Waals surface area contributed by atoms with Gasteiger partial charge >= 0.3 is 0 Å². The second-order valence-corrected chi connectivity index (χ2v) is 7.05. The molecule has 3 rings (SSSR count). The van der Waals surface area contributed by atoms with Crippen LogP contribution in [0.15, 0.2) is 24.3 Å². The van der Waals surface area contributed by atoms with Crippen molar-refractivity contribution >= 4 is 17.5 Å². The Morgan fingerprint density at radius 2 is 1.96 bits per heavy atom. The zero-order valence-corrected chi connectivity index (χ0v) is 15.2. The van der Waals surface area contributed by atoms with Crippen LogP contribution in [0.1, 0.15) is 54.6 Å². The Bertz CT molecular complexity index is 736. The van der Waals surface area contributed by atoms with E-state index in [-0.39, 0.29) is 16.9 Å². The van der Waals surface area contributed by atoms with Gasteiger partial charge in [-0.3, -0.25) is 4.79 Å². The number of nitrogens with one attached hydrogen (secondary N) is 1. The fourth-order valence-corrected chi connectivity index (χ4v) is 3.82. The van der Waals surface area contributed by atoms with Gasteiger partial charge in [0.05, 0.1) is 16.9 Å². The van der Waals surface area contributed by atoms with Crippen molar-refractivity contribution in [3.8, 4) is 5.69 Å². The lowest BCUT2D eigenvalue weighted by molar-refractivity contribution is 0.0950. The number of hydrogen-bond donors (Lipinski definition) is 1. The van der Waals surface area contributed by atoms with E-state index in [1.54, 1.807) is 19.1 Å². The number of aromatic nitrogens is 2. The lowest BCUT2D eigenvalue weighted by Gasteiger charge is -2.21. The van der Waals surface area contributed by atoms with Gasteiger partial charge in [-0.2, -0.15) is 5.10 Å². The minimum Gasteiger partial charge on any atom is -0.352 e. The summed E-state index contributed by atoms with van der Waals surface area (Å²) in [6.45, 7) is 2.41. The number of aryl methyl sites for hydroxylation is 1. The van der Waals surface area contributed by atoms with E-state index in [0.29, 0.717) is 29.4 Å². The maximum Gasteiger partial charge on any atom is 0.256 e. The van der Waals surface area contributed by atoms with Crippen LogP contribution in [-0.4, -0.2) is 22.2 Å². The van der Waals surface area contributed by atoms with Gasteiger partial charge in [0.25, 0.3) is 5.91 Å². The molecule has 1 aromatic heterocycles. The minimum absolute atomic E-state index is 0.202. The molecule has 1 saturated carbocycles. The molecule has 0 unspecified atom stereocenters. The largest absolute Gasteiger partial charge is 0.352 e. The van der Waals surface area contributed by atoms with Gasteiger partial charge in [0.1, 0.15) is 11.0 Å². The van der Waals surface area contributed by atoms with Gasteiger partial charge < -0.3 is 5.32 Å². The van der Waals surface area contributed by atoms with E-state index in [1.165, 1.54) is 48.9 Å². The highest BCUT2D eigenvalue weighted by atomic mass is 35.5. The number of halogens is 2. The first-order chi connectivity index (χ1) is 12.1. The quantitative estimate of drug-likeness (QED) is 0.838. The smallest absolute Gasteiger partial charge is 0.256 e. The van der Waals surface area contributed by atoms with Gasteiger partial charge in [0, 0.05) is 6.54 Å². The molecule has 1 aliphatic carbocycles. The Morgan fingerprint density at radius 3 is 2.64 bits per heavy atom. The maximum absolute atomic E-state index is 13.1. The highest BCUT2D eigenvalue weighted by Crippen LogP contribution is 2.26. The molecule has 2 aromatic rings. The van der Waals surface area contributed by atoms with Crippen LogP contribution in [-0.2, 0) is 0 Å². The van der Waals surface area contributed by atoms with Crippen molar-refractivity contribution in [1.82, 2.24) is 15.1 Å². The first kappa shape index (κ1) is 17.9. The van der Waals surface area contributed by atoms with E-state index >= 15 is 0 Å². The molecule has 134 valence electrons. The molecule has 0 aliphatic heterocycles. The van der Waals surface area contributed by atoms with Crippen molar-refractivity contribution in [2.24, 2.45) is 5.92 Å². The molecule has 0 radical (unpaired) electrons. The number of benzene rings is 1. The summed E-state index contributed by atoms with van der Waals surface area (Å²) >= 11 is 6.37. The number of hydrogen-bond acceptors (Lipinski definition) is 2. The normalized spacial score (nSPS) is 15.3. The lowest BCUT2D eigenvalue weighted by Crippen LogP contribution is -2.27. The third kappa shape index (κ3) is 4.21. The van der Waals surface area contributed by atoms with Gasteiger partial charge in [-0.25, -0.2) is 9.07 Å². The van der Waals surface area contributed by atoms with Crippen molar-refractivity contribution in [2.45, 2.75) is 45.4 Å². The van der Waals surface area contributed by atoms with Gasteiger partial charge in [0.15, 0.2) is 0 Å². The summed E-state index contributed by atoms with van der Waals surface area (Å²) in [5.41, 5.74) is 1.56. The Hall–Kier alpha value is -1.88. The van der Waals surface area contributed by atoms with Crippen molar-refractivity contribution < 1.29 is 9.18 Å². The highest BCUT2D eigenvalue weighted by Gasteiger charge is 2.21. The first-order valence-corrected chi connectivity index (χ1v) is 9.23. The fraction of sp³-hybridized carbons (Fsp3) is 0.474. The van der Waals surface area contributed by atoms with E-state index in [0.717, 1.165) is 6.42 Å². The molecule has 1 fully saturated rings. The third-order valence-electron chi connectivity index (χ3n) is 4.87. The zero-order chi connectivity index (χ0) is 17.8. The van der Waals surface area contributed by atoms with E-state index in [4.69, 9.17) is 11.6 Å². The molecule has 1 N–H and O–H groups in total. The van der Waals surface area contributed by atoms with Crippen molar-refractivity contribution in [2.75, 3.05) is 6.54 Å². The molecular weight excluding hydrogens is 341 g/mol. The SMILES string of the molecule is Cc1nn(-c2ccc(F)cc2)c(Cl)c1C(=O)NCCC1CCCCC1. The van der Waals surface area contributed by atoms with E-state index in [9.17, 15) is 9.18 Å². The molecular formula is C19H23ClFN3O. The zero-order valence-electron chi connectivity index (χ0n) is 14.4. The molecule has 1 heterocycles. The number of nitrogens with zero attached hydrogens (tertiary/aromatic N) is 2. The number of carbonyl (C=O) groups is 1. The maximum atomic E-state index is 13.1. The number of carbonyl (C=O) groups excluding carboxylic acids is 1.